The van der Waals surface area contributed by atoms with Crippen LogP contribution >= 0.6 is 11.6 Å². The van der Waals surface area contributed by atoms with E-state index in [4.69, 9.17) is 11.6 Å². The van der Waals surface area contributed by atoms with Crippen LogP contribution in [0.2, 0.25) is 5.02 Å². The summed E-state index contributed by atoms with van der Waals surface area (Å²) < 4.78 is 0. The number of amides is 1. The molecule has 5 nitrogen and oxygen atoms in total. The molecule has 0 saturated heterocycles. The highest BCUT2D eigenvalue weighted by atomic mass is 35.5. The number of phenolic OH excluding ortho intramolecular Hbond substituents is 2. The molecule has 1 aliphatic rings. The first-order valence-corrected chi connectivity index (χ1v) is 8.39. The zero-order chi connectivity index (χ0) is 18.3. The van der Waals surface area contributed by atoms with Crippen LogP contribution in [0.5, 0.6) is 11.5 Å². The number of hydrogen-bond acceptors (Lipinski definition) is 4. The molecule has 3 aromatic rings. The SMILES string of the molecule is O=C1c2ccccc2N[C@H](c2ccc(O)c(O)c2)N1c1ccccc1Cl. The van der Waals surface area contributed by atoms with Gasteiger partial charge in [-0.3, -0.25) is 9.69 Å². The second kappa shape index (κ2) is 6.28. The number of nitrogens with one attached hydrogen (secondary N) is 1. The Morgan fingerprint density at radius 2 is 1.65 bits per heavy atom. The molecule has 1 atom stereocenters. The molecule has 0 fully saturated rings. The van der Waals surface area contributed by atoms with Crippen LogP contribution in [0.3, 0.4) is 0 Å². The fraction of sp³-hybridized carbons (Fsp3) is 0.0500. The Balaban J connectivity index is 1.90. The van der Waals surface area contributed by atoms with E-state index in [1.165, 1.54) is 12.1 Å². The number of aromatic hydroxyl groups is 2. The third kappa shape index (κ3) is 2.62. The minimum Gasteiger partial charge on any atom is -0.504 e. The van der Waals surface area contributed by atoms with Gasteiger partial charge in [-0.05, 0) is 42.0 Å². The number of nitrogens with zero attached hydrogens (tertiary/aromatic N) is 1. The van der Waals surface area contributed by atoms with Gasteiger partial charge in [0.15, 0.2) is 11.5 Å². The summed E-state index contributed by atoms with van der Waals surface area (Å²) in [4.78, 5) is 14.8. The van der Waals surface area contributed by atoms with Crippen LogP contribution in [0.15, 0.2) is 66.7 Å². The molecule has 1 aliphatic heterocycles. The lowest BCUT2D eigenvalue weighted by Gasteiger charge is -2.38. The van der Waals surface area contributed by atoms with Crippen molar-refractivity contribution < 1.29 is 15.0 Å². The maximum atomic E-state index is 13.2. The highest BCUT2D eigenvalue weighted by molar-refractivity contribution is 6.34. The van der Waals surface area contributed by atoms with Crippen molar-refractivity contribution in [1.29, 1.82) is 0 Å². The van der Waals surface area contributed by atoms with E-state index in [1.54, 1.807) is 47.4 Å². The summed E-state index contributed by atoms with van der Waals surface area (Å²) >= 11 is 6.35. The van der Waals surface area contributed by atoms with E-state index in [-0.39, 0.29) is 17.4 Å². The van der Waals surface area contributed by atoms with Gasteiger partial charge in [-0.25, -0.2) is 0 Å². The topological polar surface area (TPSA) is 72.8 Å². The van der Waals surface area contributed by atoms with Crippen molar-refractivity contribution in [2.24, 2.45) is 0 Å². The number of fused-ring (bicyclic) bond motifs is 1. The molecular weight excluding hydrogens is 352 g/mol. The number of carbonyl (C=O) groups is 1. The lowest BCUT2D eigenvalue weighted by atomic mass is 10.0. The van der Waals surface area contributed by atoms with Gasteiger partial charge in [0, 0.05) is 5.69 Å². The van der Waals surface area contributed by atoms with E-state index >= 15 is 0 Å². The van der Waals surface area contributed by atoms with Gasteiger partial charge in [0.1, 0.15) is 6.17 Å². The molecule has 26 heavy (non-hydrogen) atoms. The van der Waals surface area contributed by atoms with Crippen LogP contribution in [-0.4, -0.2) is 16.1 Å². The molecule has 0 aliphatic carbocycles. The van der Waals surface area contributed by atoms with Gasteiger partial charge in [0.05, 0.1) is 16.3 Å². The maximum Gasteiger partial charge on any atom is 0.262 e. The number of phenols is 2. The van der Waals surface area contributed by atoms with Crippen LogP contribution in [0.4, 0.5) is 11.4 Å². The third-order valence-electron chi connectivity index (χ3n) is 4.35. The average molecular weight is 367 g/mol. The van der Waals surface area contributed by atoms with Gasteiger partial charge >= 0.3 is 0 Å². The summed E-state index contributed by atoms with van der Waals surface area (Å²) in [5.74, 6) is -0.680. The number of benzene rings is 3. The third-order valence-corrected chi connectivity index (χ3v) is 4.67. The summed E-state index contributed by atoms with van der Waals surface area (Å²) in [6.45, 7) is 0. The Labute approximate surface area is 155 Å². The number of rotatable bonds is 2. The first-order chi connectivity index (χ1) is 12.6. The van der Waals surface area contributed by atoms with Crippen molar-refractivity contribution in [3.63, 3.8) is 0 Å². The number of anilines is 2. The summed E-state index contributed by atoms with van der Waals surface area (Å²) in [5.41, 5.74) is 2.40. The summed E-state index contributed by atoms with van der Waals surface area (Å²) in [5, 5.41) is 23.3. The fourth-order valence-corrected chi connectivity index (χ4v) is 3.32. The minimum atomic E-state index is -0.594. The average Bonchev–Trinajstić information content (AvgIpc) is 2.65. The van der Waals surface area contributed by atoms with Crippen molar-refractivity contribution >= 4 is 28.9 Å². The van der Waals surface area contributed by atoms with Crippen molar-refractivity contribution in [2.75, 3.05) is 10.2 Å². The first-order valence-electron chi connectivity index (χ1n) is 8.02. The molecule has 0 saturated carbocycles. The molecule has 0 unspecified atom stereocenters. The van der Waals surface area contributed by atoms with E-state index < -0.39 is 6.17 Å². The van der Waals surface area contributed by atoms with Crippen LogP contribution in [-0.2, 0) is 0 Å². The molecule has 1 heterocycles. The largest absolute Gasteiger partial charge is 0.504 e. The molecule has 3 aromatic carbocycles. The smallest absolute Gasteiger partial charge is 0.262 e. The van der Waals surface area contributed by atoms with Crippen molar-refractivity contribution in [3.05, 3.63) is 82.9 Å². The molecule has 0 bridgehead atoms. The lowest BCUT2D eigenvalue weighted by Crippen LogP contribution is -2.43. The molecule has 0 aromatic heterocycles. The Hall–Kier alpha value is -3.18. The number of halogens is 1. The molecule has 0 radical (unpaired) electrons. The van der Waals surface area contributed by atoms with Gasteiger partial charge in [-0.2, -0.15) is 0 Å². The van der Waals surface area contributed by atoms with Crippen LogP contribution < -0.4 is 10.2 Å². The highest BCUT2D eigenvalue weighted by Crippen LogP contribution is 2.40. The second-order valence-electron chi connectivity index (χ2n) is 5.97. The lowest BCUT2D eigenvalue weighted by molar-refractivity contribution is 0.0975. The number of hydrogen-bond donors (Lipinski definition) is 3. The highest BCUT2D eigenvalue weighted by Gasteiger charge is 2.35. The quantitative estimate of drug-likeness (QED) is 0.583. The first kappa shape index (κ1) is 16.3. The van der Waals surface area contributed by atoms with E-state index in [0.29, 0.717) is 27.5 Å². The van der Waals surface area contributed by atoms with Crippen molar-refractivity contribution in [1.82, 2.24) is 0 Å². The predicted molar refractivity (Wildman–Crippen MR) is 101 cm³/mol. The Morgan fingerprint density at radius 3 is 2.42 bits per heavy atom. The van der Waals surface area contributed by atoms with Crippen LogP contribution in [0.1, 0.15) is 22.1 Å². The minimum absolute atomic E-state index is 0.204. The normalized spacial score (nSPS) is 16.1. The van der Waals surface area contributed by atoms with Crippen molar-refractivity contribution in [2.45, 2.75) is 6.17 Å². The van der Waals surface area contributed by atoms with Crippen molar-refractivity contribution in [3.8, 4) is 11.5 Å². The Morgan fingerprint density at radius 1 is 0.923 bits per heavy atom. The molecule has 6 heteroatoms. The monoisotopic (exact) mass is 366 g/mol. The molecular formula is C20H15ClN2O3. The van der Waals surface area contributed by atoms with Gasteiger partial charge < -0.3 is 15.5 Å². The Kier molecular flexibility index (Phi) is 3.93. The fourth-order valence-electron chi connectivity index (χ4n) is 3.09. The van der Waals surface area contributed by atoms with E-state index in [1.807, 2.05) is 12.1 Å². The van der Waals surface area contributed by atoms with E-state index in [2.05, 4.69) is 5.32 Å². The standard InChI is InChI=1S/C20H15ClN2O3/c21-14-6-2-4-8-16(14)23-19(12-9-10-17(24)18(25)11-12)22-15-7-3-1-5-13(15)20(23)26/h1-11,19,22,24-25H/t19-/m0/s1. The maximum absolute atomic E-state index is 13.2. The summed E-state index contributed by atoms with van der Waals surface area (Å²) in [7, 11) is 0. The van der Waals surface area contributed by atoms with Gasteiger partial charge in [-0.1, -0.05) is 41.9 Å². The van der Waals surface area contributed by atoms with E-state index in [9.17, 15) is 15.0 Å². The van der Waals surface area contributed by atoms with Gasteiger partial charge in [0.25, 0.3) is 5.91 Å². The van der Waals surface area contributed by atoms with Gasteiger partial charge in [0.2, 0.25) is 0 Å². The van der Waals surface area contributed by atoms with Crippen LogP contribution in [0, 0.1) is 0 Å². The van der Waals surface area contributed by atoms with Crippen LogP contribution in [0.25, 0.3) is 0 Å². The zero-order valence-corrected chi connectivity index (χ0v) is 14.3. The molecule has 3 N–H and O–H groups in total. The summed E-state index contributed by atoms with van der Waals surface area (Å²) in [6, 6.07) is 18.8. The summed E-state index contributed by atoms with van der Waals surface area (Å²) in [6.07, 6.45) is -0.594. The molecule has 130 valence electrons. The number of carbonyl (C=O) groups excluding carboxylic acids is 1. The molecule has 0 spiro atoms. The zero-order valence-electron chi connectivity index (χ0n) is 13.6. The molecule has 4 rings (SSSR count). The molecule has 1 amide bonds. The number of para-hydroxylation sites is 2. The van der Waals surface area contributed by atoms with Gasteiger partial charge in [-0.15, -0.1) is 0 Å². The van der Waals surface area contributed by atoms with E-state index in [0.717, 1.165) is 0 Å². The second-order valence-corrected chi connectivity index (χ2v) is 6.37. The Bertz CT molecular complexity index is 1010. The predicted octanol–water partition coefficient (Wildman–Crippen LogP) is 4.52.